The van der Waals surface area contributed by atoms with Crippen LogP contribution >= 0.6 is 31.9 Å². The molecule has 0 spiro atoms. The second-order valence-electron chi connectivity index (χ2n) is 12.8. The summed E-state index contributed by atoms with van der Waals surface area (Å²) in [4.78, 5) is 15.3. The predicted molar refractivity (Wildman–Crippen MR) is 220 cm³/mol. The van der Waals surface area contributed by atoms with Crippen LogP contribution in [0.2, 0.25) is 0 Å². The van der Waals surface area contributed by atoms with E-state index in [1.54, 1.807) is 0 Å². The minimum atomic E-state index is 0.565. The van der Waals surface area contributed by atoms with Crippen molar-refractivity contribution in [2.45, 2.75) is 0 Å². The Balaban J connectivity index is 1.20. The normalized spacial score (nSPS) is 11.7. The Hall–Kier alpha value is -5.89. The standard InChI is InChI=1S/C45H27Br2N5/c46-32-20-14-28(15-21-32)43-48-44(29-16-22-33(47)23-17-29)50-45(49-43)52-40-13-7-4-10-35(40)37-24-18-31(27-42(37)52)30-19-25-41-38(26-30)36-11-5-6-12-39(36)51(41)34-8-2-1-3-9-34/h1-27H. The van der Waals surface area contributed by atoms with Crippen LogP contribution in [0.5, 0.6) is 0 Å². The SMILES string of the molecule is Brc1ccc(-c2nc(-c3ccc(Br)cc3)nc(-n3c4ccccc4c4ccc(-c5ccc6c(c5)c5ccccc5n6-c5ccccc5)cc43)n2)cc1. The van der Waals surface area contributed by atoms with Crippen LogP contribution in [-0.2, 0) is 0 Å². The van der Waals surface area contributed by atoms with Crippen molar-refractivity contribution < 1.29 is 0 Å². The summed E-state index contributed by atoms with van der Waals surface area (Å²) in [6.07, 6.45) is 0. The number of rotatable bonds is 5. The predicted octanol–water partition coefficient (Wildman–Crippen LogP) is 12.6. The molecule has 0 saturated carbocycles. The van der Waals surface area contributed by atoms with E-state index >= 15 is 0 Å². The van der Waals surface area contributed by atoms with Crippen molar-refractivity contribution in [1.82, 2.24) is 24.1 Å². The van der Waals surface area contributed by atoms with Gasteiger partial charge in [-0.3, -0.25) is 4.57 Å². The van der Waals surface area contributed by atoms with E-state index in [9.17, 15) is 0 Å². The monoisotopic (exact) mass is 795 g/mol. The van der Waals surface area contributed by atoms with Crippen LogP contribution in [0.25, 0.3) is 89.2 Å². The fourth-order valence-electron chi connectivity index (χ4n) is 7.29. The Morgan fingerprint density at radius 3 is 1.48 bits per heavy atom. The highest BCUT2D eigenvalue weighted by atomic mass is 79.9. The molecule has 0 aliphatic heterocycles. The van der Waals surface area contributed by atoms with Crippen LogP contribution in [0.3, 0.4) is 0 Å². The van der Waals surface area contributed by atoms with E-state index in [4.69, 9.17) is 15.0 Å². The molecule has 3 heterocycles. The molecule has 0 amide bonds. The molecule has 10 rings (SSSR count). The molecular weight excluding hydrogens is 770 g/mol. The van der Waals surface area contributed by atoms with Crippen LogP contribution in [0.1, 0.15) is 0 Å². The maximum atomic E-state index is 5.14. The molecule has 10 aromatic rings. The molecule has 0 N–H and O–H groups in total. The number of benzene rings is 7. The van der Waals surface area contributed by atoms with Gasteiger partial charge in [-0.15, -0.1) is 0 Å². The maximum absolute atomic E-state index is 5.14. The van der Waals surface area contributed by atoms with Gasteiger partial charge in [-0.1, -0.05) is 129 Å². The maximum Gasteiger partial charge on any atom is 0.238 e. The Morgan fingerprint density at radius 1 is 0.346 bits per heavy atom. The lowest BCUT2D eigenvalue weighted by Crippen LogP contribution is -2.06. The first-order valence-electron chi connectivity index (χ1n) is 17.0. The van der Waals surface area contributed by atoms with Crippen molar-refractivity contribution >= 4 is 75.5 Å². The first-order valence-corrected chi connectivity index (χ1v) is 18.6. The molecule has 246 valence electrons. The summed E-state index contributed by atoms with van der Waals surface area (Å²) in [7, 11) is 0. The zero-order valence-electron chi connectivity index (χ0n) is 27.6. The van der Waals surface area contributed by atoms with E-state index in [2.05, 4.69) is 156 Å². The Labute approximate surface area is 316 Å². The molecule has 0 unspecified atom stereocenters. The summed E-state index contributed by atoms with van der Waals surface area (Å²) in [6, 6.07) is 57.4. The van der Waals surface area contributed by atoms with E-state index in [1.807, 2.05) is 48.5 Å². The summed E-state index contributed by atoms with van der Waals surface area (Å²) in [5, 5.41) is 4.72. The molecule has 52 heavy (non-hydrogen) atoms. The molecule has 3 aromatic heterocycles. The van der Waals surface area contributed by atoms with Gasteiger partial charge in [-0.05, 0) is 77.9 Å². The molecule has 0 bridgehead atoms. The summed E-state index contributed by atoms with van der Waals surface area (Å²) in [5.41, 5.74) is 9.66. The number of halogens is 2. The van der Waals surface area contributed by atoms with Crippen molar-refractivity contribution in [3.05, 3.63) is 173 Å². The van der Waals surface area contributed by atoms with Crippen molar-refractivity contribution in [2.75, 3.05) is 0 Å². The van der Waals surface area contributed by atoms with Crippen LogP contribution in [0, 0.1) is 0 Å². The molecule has 0 fully saturated rings. The van der Waals surface area contributed by atoms with E-state index in [0.29, 0.717) is 17.6 Å². The van der Waals surface area contributed by atoms with Crippen molar-refractivity contribution in [1.29, 1.82) is 0 Å². The van der Waals surface area contributed by atoms with Crippen molar-refractivity contribution in [3.63, 3.8) is 0 Å². The summed E-state index contributed by atoms with van der Waals surface area (Å²) >= 11 is 7.15. The quantitative estimate of drug-likeness (QED) is 0.174. The molecular formula is C45H27Br2N5. The number of aromatic nitrogens is 5. The van der Waals surface area contributed by atoms with Crippen molar-refractivity contribution in [2.24, 2.45) is 0 Å². The van der Waals surface area contributed by atoms with Gasteiger partial charge in [0.15, 0.2) is 11.6 Å². The first-order chi connectivity index (χ1) is 25.6. The molecule has 0 radical (unpaired) electrons. The average molecular weight is 798 g/mol. The van der Waals surface area contributed by atoms with Crippen LogP contribution < -0.4 is 0 Å². The smallest absolute Gasteiger partial charge is 0.238 e. The second-order valence-corrected chi connectivity index (χ2v) is 14.6. The van der Waals surface area contributed by atoms with Crippen LogP contribution in [0.4, 0.5) is 0 Å². The third kappa shape index (κ3) is 5.15. The largest absolute Gasteiger partial charge is 0.309 e. The van der Waals surface area contributed by atoms with E-state index in [-0.39, 0.29) is 0 Å². The number of hydrogen-bond donors (Lipinski definition) is 0. The van der Waals surface area contributed by atoms with Gasteiger partial charge in [0.25, 0.3) is 0 Å². The number of fused-ring (bicyclic) bond motifs is 6. The summed E-state index contributed by atoms with van der Waals surface area (Å²) in [5.74, 6) is 1.78. The van der Waals surface area contributed by atoms with Gasteiger partial charge in [-0.25, -0.2) is 4.98 Å². The molecule has 0 atom stereocenters. The zero-order chi connectivity index (χ0) is 34.8. The lowest BCUT2D eigenvalue weighted by Gasteiger charge is -2.12. The van der Waals surface area contributed by atoms with Gasteiger partial charge < -0.3 is 4.57 Å². The molecule has 0 saturated heterocycles. The van der Waals surface area contributed by atoms with Gasteiger partial charge in [0.2, 0.25) is 5.95 Å². The molecule has 0 aliphatic carbocycles. The minimum Gasteiger partial charge on any atom is -0.309 e. The fraction of sp³-hybridized carbons (Fsp3) is 0. The highest BCUT2D eigenvalue weighted by Crippen LogP contribution is 2.38. The lowest BCUT2D eigenvalue weighted by atomic mass is 10.0. The topological polar surface area (TPSA) is 48.5 Å². The molecule has 7 aromatic carbocycles. The highest BCUT2D eigenvalue weighted by Gasteiger charge is 2.19. The van der Waals surface area contributed by atoms with E-state index in [1.165, 1.54) is 21.8 Å². The summed E-state index contributed by atoms with van der Waals surface area (Å²) < 4.78 is 6.52. The van der Waals surface area contributed by atoms with Gasteiger partial charge in [-0.2, -0.15) is 9.97 Å². The Bertz CT molecular complexity index is 2900. The van der Waals surface area contributed by atoms with E-state index < -0.39 is 0 Å². The fourth-order valence-corrected chi connectivity index (χ4v) is 7.82. The zero-order valence-corrected chi connectivity index (χ0v) is 30.8. The van der Waals surface area contributed by atoms with E-state index in [0.717, 1.165) is 58.7 Å². The van der Waals surface area contributed by atoms with Crippen LogP contribution in [-0.4, -0.2) is 24.1 Å². The minimum absolute atomic E-state index is 0.565. The summed E-state index contributed by atoms with van der Waals surface area (Å²) in [6.45, 7) is 0. The number of para-hydroxylation sites is 3. The lowest BCUT2D eigenvalue weighted by molar-refractivity contribution is 0.953. The third-order valence-electron chi connectivity index (χ3n) is 9.72. The third-order valence-corrected chi connectivity index (χ3v) is 10.8. The second kappa shape index (κ2) is 12.4. The molecule has 0 aliphatic rings. The molecule has 5 nitrogen and oxygen atoms in total. The van der Waals surface area contributed by atoms with Gasteiger partial charge >= 0.3 is 0 Å². The Morgan fingerprint density at radius 2 is 0.827 bits per heavy atom. The van der Waals surface area contributed by atoms with Gasteiger partial charge in [0.1, 0.15) is 0 Å². The van der Waals surface area contributed by atoms with Gasteiger partial charge in [0.05, 0.1) is 22.1 Å². The average Bonchev–Trinajstić information content (AvgIpc) is 3.71. The first kappa shape index (κ1) is 30.9. The van der Waals surface area contributed by atoms with Crippen LogP contribution in [0.15, 0.2) is 173 Å². The highest BCUT2D eigenvalue weighted by molar-refractivity contribution is 9.10. The van der Waals surface area contributed by atoms with Gasteiger partial charge in [0, 0.05) is 47.3 Å². The Kier molecular flexibility index (Phi) is 7.37. The molecule has 7 heteroatoms. The number of hydrogen-bond acceptors (Lipinski definition) is 3. The number of nitrogens with zero attached hydrogens (tertiary/aromatic N) is 5. The van der Waals surface area contributed by atoms with Crippen molar-refractivity contribution in [3.8, 4) is 45.5 Å².